The Balaban J connectivity index is 1.79. The first-order valence-electron chi connectivity index (χ1n) is 7.88. The van der Waals surface area contributed by atoms with E-state index >= 15 is 0 Å². The van der Waals surface area contributed by atoms with Gasteiger partial charge in [0.2, 0.25) is 5.95 Å². The highest BCUT2D eigenvalue weighted by Crippen LogP contribution is 2.34. The number of anilines is 1. The van der Waals surface area contributed by atoms with E-state index in [2.05, 4.69) is 15.5 Å². The second-order valence-electron chi connectivity index (χ2n) is 6.07. The van der Waals surface area contributed by atoms with Crippen molar-refractivity contribution in [3.8, 4) is 17.0 Å². The summed E-state index contributed by atoms with van der Waals surface area (Å²) >= 11 is 6.31. The van der Waals surface area contributed by atoms with Gasteiger partial charge in [0.15, 0.2) is 5.82 Å². The highest BCUT2D eigenvalue weighted by Gasteiger charge is 2.28. The Hall–Kier alpha value is -2.38. The Kier molecular flexibility index (Phi) is 3.97. The fourth-order valence-corrected chi connectivity index (χ4v) is 3.25. The van der Waals surface area contributed by atoms with Gasteiger partial charge >= 0.3 is 0 Å². The van der Waals surface area contributed by atoms with Crippen LogP contribution in [-0.4, -0.2) is 39.0 Å². The van der Waals surface area contributed by atoms with Crippen LogP contribution in [0.1, 0.15) is 12.8 Å². The van der Waals surface area contributed by atoms with Crippen LogP contribution in [0.5, 0.6) is 5.75 Å². The third-order valence-corrected chi connectivity index (χ3v) is 4.72. The molecule has 1 aromatic carbocycles. The predicted molar refractivity (Wildman–Crippen MR) is 92.6 cm³/mol. The van der Waals surface area contributed by atoms with Gasteiger partial charge in [-0.05, 0) is 37.1 Å². The molecule has 130 valence electrons. The van der Waals surface area contributed by atoms with Crippen molar-refractivity contribution in [1.82, 2.24) is 14.6 Å². The summed E-state index contributed by atoms with van der Waals surface area (Å²) < 4.78 is 21.2. The Morgan fingerprint density at radius 1 is 1.32 bits per heavy atom. The number of ether oxygens (including phenoxy) is 1. The maximum Gasteiger partial charge on any atom is 0.228 e. The maximum atomic E-state index is 14.4. The van der Waals surface area contributed by atoms with Crippen LogP contribution in [-0.2, 0) is 0 Å². The second kappa shape index (κ2) is 6.16. The molecule has 2 aromatic heterocycles. The van der Waals surface area contributed by atoms with Gasteiger partial charge in [0.1, 0.15) is 17.0 Å². The molecule has 1 aliphatic rings. The van der Waals surface area contributed by atoms with Gasteiger partial charge in [-0.3, -0.25) is 4.40 Å². The molecule has 0 saturated heterocycles. The number of nitrogens with one attached hydrogen (secondary N) is 1. The summed E-state index contributed by atoms with van der Waals surface area (Å²) in [7, 11) is 1.55. The average Bonchev–Trinajstić information content (AvgIpc) is 2.96. The molecule has 0 unspecified atom stereocenters. The number of halogens is 2. The second-order valence-corrected chi connectivity index (χ2v) is 6.47. The van der Waals surface area contributed by atoms with Gasteiger partial charge in [-0.2, -0.15) is 0 Å². The van der Waals surface area contributed by atoms with Gasteiger partial charge in [0, 0.05) is 17.8 Å². The van der Waals surface area contributed by atoms with E-state index in [1.54, 1.807) is 35.9 Å². The van der Waals surface area contributed by atoms with Gasteiger partial charge in [-0.25, -0.2) is 4.39 Å². The van der Waals surface area contributed by atoms with Gasteiger partial charge < -0.3 is 15.2 Å². The average molecular weight is 363 g/mol. The first-order chi connectivity index (χ1) is 12.1. The highest BCUT2D eigenvalue weighted by molar-refractivity contribution is 6.33. The number of aliphatic hydroxyl groups excluding tert-OH is 1. The van der Waals surface area contributed by atoms with Crippen LogP contribution in [0.25, 0.3) is 16.8 Å². The summed E-state index contributed by atoms with van der Waals surface area (Å²) in [5.41, 5.74) is 1.22. The topological polar surface area (TPSA) is 71.7 Å². The van der Waals surface area contributed by atoms with E-state index in [0.717, 1.165) is 0 Å². The normalized spacial score (nSPS) is 19.7. The number of hydrogen-bond donors (Lipinski definition) is 2. The van der Waals surface area contributed by atoms with Crippen molar-refractivity contribution >= 4 is 23.1 Å². The monoisotopic (exact) mass is 362 g/mol. The standard InChI is InChI=1S/C17H16ClFN4O2/c1-25-11-2-3-12(13(18)8-11)15-16-14(19)4-5-23(16)17(22-21-15)20-9-6-10(24)7-9/h2-5,8-10,24H,6-7H2,1H3,(H,20,22). The molecule has 0 atom stereocenters. The molecule has 2 heterocycles. The molecule has 8 heteroatoms. The Bertz CT molecular complexity index is 940. The Labute approximate surface area is 148 Å². The Morgan fingerprint density at radius 3 is 2.80 bits per heavy atom. The summed E-state index contributed by atoms with van der Waals surface area (Å²) in [6.45, 7) is 0. The minimum absolute atomic E-state index is 0.105. The molecule has 2 N–H and O–H groups in total. The molecule has 0 bridgehead atoms. The highest BCUT2D eigenvalue weighted by atomic mass is 35.5. The van der Waals surface area contributed by atoms with Crippen LogP contribution in [0.4, 0.5) is 10.3 Å². The molecule has 1 aliphatic carbocycles. The zero-order chi connectivity index (χ0) is 17.6. The number of aromatic nitrogens is 3. The summed E-state index contributed by atoms with van der Waals surface area (Å²) in [4.78, 5) is 0. The van der Waals surface area contributed by atoms with Crippen molar-refractivity contribution < 1.29 is 14.2 Å². The van der Waals surface area contributed by atoms with Crippen molar-refractivity contribution in [2.45, 2.75) is 25.0 Å². The van der Waals surface area contributed by atoms with E-state index in [-0.39, 0.29) is 12.1 Å². The van der Waals surface area contributed by atoms with Crippen molar-refractivity contribution in [3.63, 3.8) is 0 Å². The molecule has 4 rings (SSSR count). The molecule has 1 fully saturated rings. The van der Waals surface area contributed by atoms with Gasteiger partial charge in [0.05, 0.1) is 18.2 Å². The van der Waals surface area contributed by atoms with Crippen molar-refractivity contribution in [3.05, 3.63) is 41.3 Å². The van der Waals surface area contributed by atoms with E-state index in [0.29, 0.717) is 46.3 Å². The van der Waals surface area contributed by atoms with E-state index in [4.69, 9.17) is 16.3 Å². The predicted octanol–water partition coefficient (Wildman–Crippen LogP) is 3.13. The lowest BCUT2D eigenvalue weighted by atomic mass is 9.90. The number of methoxy groups -OCH3 is 1. The third-order valence-electron chi connectivity index (χ3n) is 4.41. The Morgan fingerprint density at radius 2 is 2.12 bits per heavy atom. The maximum absolute atomic E-state index is 14.4. The minimum Gasteiger partial charge on any atom is -0.497 e. The van der Waals surface area contributed by atoms with Crippen LogP contribution < -0.4 is 10.1 Å². The number of nitrogens with zero attached hydrogens (tertiary/aromatic N) is 3. The number of rotatable bonds is 4. The molecule has 3 aromatic rings. The van der Waals surface area contributed by atoms with Crippen LogP contribution in [0.15, 0.2) is 30.5 Å². The van der Waals surface area contributed by atoms with Crippen molar-refractivity contribution in [1.29, 1.82) is 0 Å². The smallest absolute Gasteiger partial charge is 0.228 e. The molecular weight excluding hydrogens is 347 g/mol. The largest absolute Gasteiger partial charge is 0.497 e. The molecule has 0 aliphatic heterocycles. The van der Waals surface area contributed by atoms with Crippen LogP contribution in [0.2, 0.25) is 5.02 Å². The number of fused-ring (bicyclic) bond motifs is 1. The lowest BCUT2D eigenvalue weighted by Crippen LogP contribution is -2.39. The quantitative estimate of drug-likeness (QED) is 0.746. The zero-order valence-electron chi connectivity index (χ0n) is 13.4. The fraction of sp³-hybridized carbons (Fsp3) is 0.294. The number of hydrogen-bond acceptors (Lipinski definition) is 5. The molecular formula is C17H16ClFN4O2. The van der Waals surface area contributed by atoms with E-state index < -0.39 is 5.82 Å². The fourth-order valence-electron chi connectivity index (χ4n) is 2.99. The lowest BCUT2D eigenvalue weighted by molar-refractivity contribution is 0.0833. The van der Waals surface area contributed by atoms with Gasteiger partial charge in [-0.15, -0.1) is 10.2 Å². The minimum atomic E-state index is -0.409. The molecule has 0 radical (unpaired) electrons. The third kappa shape index (κ3) is 2.79. The van der Waals surface area contributed by atoms with Gasteiger partial charge in [0.25, 0.3) is 0 Å². The number of benzene rings is 1. The first-order valence-corrected chi connectivity index (χ1v) is 8.26. The summed E-state index contributed by atoms with van der Waals surface area (Å²) in [5, 5.41) is 21.4. The lowest BCUT2D eigenvalue weighted by Gasteiger charge is -2.32. The molecule has 0 amide bonds. The summed E-state index contributed by atoms with van der Waals surface area (Å²) in [5.74, 6) is 0.632. The zero-order valence-corrected chi connectivity index (χ0v) is 14.2. The van der Waals surface area contributed by atoms with Crippen LogP contribution in [0.3, 0.4) is 0 Å². The van der Waals surface area contributed by atoms with Crippen molar-refractivity contribution in [2.24, 2.45) is 0 Å². The van der Waals surface area contributed by atoms with E-state index in [9.17, 15) is 9.50 Å². The van der Waals surface area contributed by atoms with Gasteiger partial charge in [-0.1, -0.05) is 11.6 Å². The molecule has 6 nitrogen and oxygen atoms in total. The SMILES string of the molecule is COc1ccc(-c2nnc(NC3CC(O)C3)n3ccc(F)c23)c(Cl)c1. The van der Waals surface area contributed by atoms with E-state index in [1.807, 2.05) is 0 Å². The molecule has 0 spiro atoms. The molecule has 1 saturated carbocycles. The summed E-state index contributed by atoms with van der Waals surface area (Å²) in [6, 6.07) is 6.58. The molecule has 25 heavy (non-hydrogen) atoms. The number of aliphatic hydroxyl groups is 1. The van der Waals surface area contributed by atoms with Crippen molar-refractivity contribution in [2.75, 3.05) is 12.4 Å². The van der Waals surface area contributed by atoms with Crippen LogP contribution in [0, 0.1) is 5.82 Å². The first kappa shape index (κ1) is 16.1. The van der Waals surface area contributed by atoms with E-state index in [1.165, 1.54) is 6.07 Å². The summed E-state index contributed by atoms with van der Waals surface area (Å²) in [6.07, 6.45) is 2.58. The van der Waals surface area contributed by atoms with Crippen LogP contribution >= 0.6 is 11.6 Å².